The molecule has 0 heterocycles. The lowest BCUT2D eigenvalue weighted by Gasteiger charge is -2.20. The van der Waals surface area contributed by atoms with Gasteiger partial charge in [-0.2, -0.15) is 21.6 Å². The number of halogens is 4. The molecule has 0 spiro atoms. The zero-order valence-electron chi connectivity index (χ0n) is 11.1. The number of nitrogens with one attached hydrogen (secondary N) is 1. The smallest absolute Gasteiger partial charge is 0.408 e. The molecule has 1 aromatic rings. The highest BCUT2D eigenvalue weighted by Crippen LogP contribution is 2.23. The molecular formula is C12H13F4NO4S. The summed E-state index contributed by atoms with van der Waals surface area (Å²) in [6.07, 6.45) is -7.43. The molecule has 22 heavy (non-hydrogen) atoms. The van der Waals surface area contributed by atoms with Gasteiger partial charge in [0.15, 0.2) is 0 Å². The molecule has 1 unspecified atom stereocenters. The highest BCUT2D eigenvalue weighted by molar-refractivity contribution is 7.86. The first-order valence-electron chi connectivity index (χ1n) is 6.04. The van der Waals surface area contributed by atoms with Gasteiger partial charge in [-0.25, -0.2) is 4.79 Å². The zero-order valence-corrected chi connectivity index (χ0v) is 12.0. The van der Waals surface area contributed by atoms with Crippen molar-refractivity contribution < 1.29 is 35.0 Å². The molecule has 0 fully saturated rings. The average molecular weight is 343 g/mol. The van der Waals surface area contributed by atoms with Crippen molar-refractivity contribution in [2.24, 2.45) is 0 Å². The zero-order chi connectivity index (χ0) is 16.8. The van der Waals surface area contributed by atoms with Gasteiger partial charge in [-0.1, -0.05) is 30.3 Å². The molecular weight excluding hydrogens is 330 g/mol. The molecule has 0 bridgehead atoms. The Balaban J connectivity index is 2.56. The van der Waals surface area contributed by atoms with Crippen LogP contribution in [-0.2, 0) is 21.6 Å². The fourth-order valence-corrected chi connectivity index (χ4v) is 2.00. The molecule has 0 aliphatic rings. The molecule has 0 saturated carbocycles. The number of benzene rings is 1. The Kier molecular flexibility index (Phi) is 6.15. The highest BCUT2D eigenvalue weighted by Gasteiger charge is 2.41. The van der Waals surface area contributed by atoms with E-state index in [9.17, 15) is 30.3 Å². The van der Waals surface area contributed by atoms with Crippen LogP contribution in [-0.4, -0.2) is 32.5 Å². The molecule has 124 valence electrons. The Labute approximate surface area is 124 Å². The van der Waals surface area contributed by atoms with E-state index < -0.39 is 40.7 Å². The van der Waals surface area contributed by atoms with Gasteiger partial charge < -0.3 is 10.1 Å². The van der Waals surface area contributed by atoms with E-state index in [0.29, 0.717) is 5.56 Å². The topological polar surface area (TPSA) is 72.5 Å². The van der Waals surface area contributed by atoms with Gasteiger partial charge >= 0.3 is 22.5 Å². The van der Waals surface area contributed by atoms with E-state index in [2.05, 4.69) is 4.74 Å². The third-order valence-corrected chi connectivity index (χ3v) is 3.27. The third kappa shape index (κ3) is 7.25. The quantitative estimate of drug-likeness (QED) is 0.636. The van der Waals surface area contributed by atoms with Gasteiger partial charge in [0.2, 0.25) is 0 Å². The summed E-state index contributed by atoms with van der Waals surface area (Å²) in [5, 5.41) is 1.48. The second-order valence-corrected chi connectivity index (χ2v) is 5.82. The lowest BCUT2D eigenvalue weighted by molar-refractivity contribution is -0.154. The summed E-state index contributed by atoms with van der Waals surface area (Å²) in [4.78, 5) is 11.3. The number of hydrogen-bond acceptors (Lipinski definition) is 4. The van der Waals surface area contributed by atoms with Crippen LogP contribution in [0.2, 0.25) is 0 Å². The summed E-state index contributed by atoms with van der Waals surface area (Å²) < 4.78 is 75.4. The van der Waals surface area contributed by atoms with E-state index in [1.54, 1.807) is 30.3 Å². The predicted octanol–water partition coefficient (Wildman–Crippen LogP) is 2.53. The summed E-state index contributed by atoms with van der Waals surface area (Å²) >= 11 is 0. The first-order chi connectivity index (χ1) is 10.1. The van der Waals surface area contributed by atoms with E-state index in [1.807, 2.05) is 0 Å². The van der Waals surface area contributed by atoms with Gasteiger partial charge in [0.25, 0.3) is 0 Å². The third-order valence-electron chi connectivity index (χ3n) is 2.55. The molecule has 0 radical (unpaired) electrons. The largest absolute Gasteiger partial charge is 0.445 e. The molecule has 1 aromatic carbocycles. The fraction of sp³-hybridized carbons (Fsp3) is 0.417. The average Bonchev–Trinajstić information content (AvgIpc) is 2.40. The van der Waals surface area contributed by atoms with E-state index in [-0.39, 0.29) is 6.61 Å². The maximum atomic E-state index is 12.6. The van der Waals surface area contributed by atoms with Crippen molar-refractivity contribution in [3.05, 3.63) is 35.9 Å². The number of hydrogen-bond donors (Lipinski definition) is 1. The summed E-state index contributed by atoms with van der Waals surface area (Å²) in [7, 11) is -5.06. The summed E-state index contributed by atoms with van der Waals surface area (Å²) in [6.45, 7) is -0.251. The van der Waals surface area contributed by atoms with Crippen molar-refractivity contribution in [2.75, 3.05) is 5.75 Å². The van der Waals surface area contributed by atoms with E-state index in [0.717, 1.165) is 0 Å². The molecule has 1 rings (SSSR count). The standard InChI is InChI=1S/C12H13F4NO4S/c13-12(14,15)10(6-7-22(16,19)20)17-11(18)21-8-9-4-2-1-3-5-9/h1-5,10H,6-8H2,(H,17,18). The number of amides is 1. The van der Waals surface area contributed by atoms with Crippen molar-refractivity contribution in [2.45, 2.75) is 25.2 Å². The molecule has 1 amide bonds. The molecule has 0 aromatic heterocycles. The summed E-state index contributed by atoms with van der Waals surface area (Å²) in [5.74, 6) is -1.35. The van der Waals surface area contributed by atoms with Gasteiger partial charge in [0.05, 0.1) is 5.75 Å². The van der Waals surface area contributed by atoms with Gasteiger partial charge in [0, 0.05) is 0 Å². The van der Waals surface area contributed by atoms with Crippen molar-refractivity contribution in [3.8, 4) is 0 Å². The van der Waals surface area contributed by atoms with Crippen LogP contribution < -0.4 is 5.32 Å². The SMILES string of the molecule is O=C(NC(CCS(=O)(=O)F)C(F)(F)F)OCc1ccccc1. The van der Waals surface area contributed by atoms with Crippen LogP contribution in [0.1, 0.15) is 12.0 Å². The van der Waals surface area contributed by atoms with E-state index >= 15 is 0 Å². The molecule has 0 aliphatic carbocycles. The Bertz CT molecular complexity index is 589. The minimum atomic E-state index is -5.06. The predicted molar refractivity (Wildman–Crippen MR) is 69.1 cm³/mol. The molecule has 1 atom stereocenters. The van der Waals surface area contributed by atoms with Crippen LogP contribution in [0.25, 0.3) is 0 Å². The normalized spacial score (nSPS) is 13.5. The van der Waals surface area contributed by atoms with E-state index in [4.69, 9.17) is 0 Å². The Hall–Kier alpha value is -1.84. The lowest BCUT2D eigenvalue weighted by Crippen LogP contribution is -2.46. The van der Waals surface area contributed by atoms with Gasteiger partial charge in [0.1, 0.15) is 12.6 Å². The number of alkyl halides is 3. The van der Waals surface area contributed by atoms with Crippen molar-refractivity contribution in [1.29, 1.82) is 0 Å². The maximum absolute atomic E-state index is 12.6. The van der Waals surface area contributed by atoms with Crippen LogP contribution in [0.4, 0.5) is 21.9 Å². The van der Waals surface area contributed by atoms with Crippen LogP contribution in [0, 0.1) is 0 Å². The van der Waals surface area contributed by atoms with Gasteiger partial charge in [-0.05, 0) is 12.0 Å². The van der Waals surface area contributed by atoms with E-state index in [1.165, 1.54) is 5.32 Å². The van der Waals surface area contributed by atoms with Crippen molar-refractivity contribution in [3.63, 3.8) is 0 Å². The number of ether oxygens (including phenoxy) is 1. The van der Waals surface area contributed by atoms with Crippen LogP contribution in [0.15, 0.2) is 30.3 Å². The molecule has 0 saturated heterocycles. The lowest BCUT2D eigenvalue weighted by atomic mass is 10.2. The minimum Gasteiger partial charge on any atom is -0.445 e. The Morgan fingerprint density at radius 2 is 1.82 bits per heavy atom. The van der Waals surface area contributed by atoms with Crippen LogP contribution in [0.5, 0.6) is 0 Å². The first kappa shape index (κ1) is 18.2. The highest BCUT2D eigenvalue weighted by atomic mass is 32.3. The number of carbonyl (C=O) groups excluding carboxylic acids is 1. The van der Waals surface area contributed by atoms with Crippen molar-refractivity contribution >= 4 is 16.3 Å². The van der Waals surface area contributed by atoms with Gasteiger partial charge in [-0.15, -0.1) is 3.89 Å². The van der Waals surface area contributed by atoms with Crippen LogP contribution in [0.3, 0.4) is 0 Å². The summed E-state index contributed by atoms with van der Waals surface area (Å²) in [5.41, 5.74) is 0.563. The van der Waals surface area contributed by atoms with Gasteiger partial charge in [-0.3, -0.25) is 0 Å². The minimum absolute atomic E-state index is 0.251. The molecule has 1 N–H and O–H groups in total. The molecule has 0 aliphatic heterocycles. The maximum Gasteiger partial charge on any atom is 0.408 e. The Morgan fingerprint density at radius 3 is 2.32 bits per heavy atom. The fourth-order valence-electron chi connectivity index (χ4n) is 1.48. The van der Waals surface area contributed by atoms with Crippen LogP contribution >= 0.6 is 0 Å². The second-order valence-electron chi connectivity index (χ2n) is 4.33. The number of alkyl carbamates (subject to hydrolysis) is 1. The van der Waals surface area contributed by atoms with Crippen molar-refractivity contribution in [1.82, 2.24) is 5.32 Å². The monoisotopic (exact) mass is 343 g/mol. The summed E-state index contributed by atoms with van der Waals surface area (Å²) in [6, 6.07) is 5.71. The molecule has 10 heteroatoms. The number of rotatable bonds is 6. The first-order valence-corrected chi connectivity index (χ1v) is 7.59. The second kappa shape index (κ2) is 7.43. The molecule has 5 nitrogen and oxygen atoms in total. The number of carbonyl (C=O) groups is 1. The Morgan fingerprint density at radius 1 is 1.23 bits per heavy atom.